The number of hydrogen-bond donors (Lipinski definition) is 0. The van der Waals surface area contributed by atoms with Crippen LogP contribution >= 0.6 is 0 Å². The number of benzene rings is 1. The first-order valence-electron chi connectivity index (χ1n) is 10.1. The van der Waals surface area contributed by atoms with Gasteiger partial charge in [0.15, 0.2) is 5.78 Å². The molecular formula is C23H27FN2O4. The third-order valence-electron chi connectivity index (χ3n) is 5.77. The lowest BCUT2D eigenvalue weighted by Gasteiger charge is -2.29. The standard InChI is InChI=1S/C23H27FN2O4/c1-6-25-14(3)19(13(2)20(25)23(29)30-5)21(27)15(4)26(18-11-12-18)22(28)16-7-9-17(24)10-8-16/h7-10,15,18H,6,11-12H2,1-5H3. The molecule has 30 heavy (non-hydrogen) atoms. The molecular weight excluding hydrogens is 387 g/mol. The van der Waals surface area contributed by atoms with Crippen LogP contribution in [0.15, 0.2) is 24.3 Å². The van der Waals surface area contributed by atoms with E-state index in [1.54, 1.807) is 30.2 Å². The summed E-state index contributed by atoms with van der Waals surface area (Å²) in [6.07, 6.45) is 1.65. The fourth-order valence-electron chi connectivity index (χ4n) is 4.10. The molecule has 0 N–H and O–H groups in total. The Kier molecular flexibility index (Phi) is 6.10. The fourth-order valence-corrected chi connectivity index (χ4v) is 4.10. The van der Waals surface area contributed by atoms with Crippen LogP contribution in [-0.2, 0) is 11.3 Å². The van der Waals surface area contributed by atoms with Gasteiger partial charge in [-0.05, 0) is 70.4 Å². The number of halogens is 1. The maximum atomic E-state index is 13.5. The second-order valence-electron chi connectivity index (χ2n) is 7.66. The van der Waals surface area contributed by atoms with Crippen molar-refractivity contribution in [2.45, 2.75) is 59.2 Å². The van der Waals surface area contributed by atoms with Crippen molar-refractivity contribution in [2.24, 2.45) is 0 Å². The number of carbonyl (C=O) groups is 3. The number of amides is 1. The van der Waals surface area contributed by atoms with Crippen LogP contribution in [0.3, 0.4) is 0 Å². The van der Waals surface area contributed by atoms with Gasteiger partial charge in [0.2, 0.25) is 0 Å². The first kappa shape index (κ1) is 21.7. The lowest BCUT2D eigenvalue weighted by atomic mass is 9.99. The quantitative estimate of drug-likeness (QED) is 0.509. The van der Waals surface area contributed by atoms with Gasteiger partial charge in [0.25, 0.3) is 5.91 Å². The molecule has 6 nitrogen and oxygen atoms in total. The lowest BCUT2D eigenvalue weighted by molar-refractivity contribution is 0.0586. The van der Waals surface area contributed by atoms with Gasteiger partial charge in [0.05, 0.1) is 13.2 Å². The number of Topliss-reactive ketones (excluding diaryl/α,β-unsaturated/α-hetero) is 1. The molecule has 1 atom stereocenters. The highest BCUT2D eigenvalue weighted by atomic mass is 19.1. The van der Waals surface area contributed by atoms with Crippen LogP contribution < -0.4 is 0 Å². The summed E-state index contributed by atoms with van der Waals surface area (Å²) in [5.74, 6) is -1.43. The average Bonchev–Trinajstić information content (AvgIpc) is 3.52. The van der Waals surface area contributed by atoms with E-state index in [4.69, 9.17) is 4.74 Å². The molecule has 7 heteroatoms. The maximum Gasteiger partial charge on any atom is 0.354 e. The molecule has 1 amide bonds. The Labute approximate surface area is 175 Å². The summed E-state index contributed by atoms with van der Waals surface area (Å²) in [5, 5.41) is 0. The molecule has 3 rings (SSSR count). The first-order chi connectivity index (χ1) is 14.2. The predicted molar refractivity (Wildman–Crippen MR) is 110 cm³/mol. The highest BCUT2D eigenvalue weighted by molar-refractivity contribution is 6.07. The normalized spacial score (nSPS) is 14.3. The van der Waals surface area contributed by atoms with Crippen molar-refractivity contribution < 1.29 is 23.5 Å². The number of ether oxygens (including phenoxy) is 1. The highest BCUT2D eigenvalue weighted by Crippen LogP contribution is 2.33. The van der Waals surface area contributed by atoms with E-state index in [1.165, 1.54) is 31.4 Å². The first-order valence-corrected chi connectivity index (χ1v) is 10.1. The molecule has 0 radical (unpaired) electrons. The molecule has 0 spiro atoms. The van der Waals surface area contributed by atoms with E-state index in [0.29, 0.717) is 34.6 Å². The molecule has 1 aromatic heterocycles. The van der Waals surface area contributed by atoms with Gasteiger partial charge >= 0.3 is 5.97 Å². The van der Waals surface area contributed by atoms with E-state index in [0.717, 1.165) is 12.8 Å². The van der Waals surface area contributed by atoms with Crippen LogP contribution in [0, 0.1) is 19.7 Å². The minimum atomic E-state index is -0.717. The van der Waals surface area contributed by atoms with Crippen LogP contribution in [-0.4, -0.2) is 46.3 Å². The van der Waals surface area contributed by atoms with Crippen molar-refractivity contribution in [2.75, 3.05) is 7.11 Å². The SMILES string of the molecule is CCn1c(C)c(C(=O)C(C)N(C(=O)c2ccc(F)cc2)C2CC2)c(C)c1C(=O)OC. The van der Waals surface area contributed by atoms with Crippen LogP contribution in [0.5, 0.6) is 0 Å². The van der Waals surface area contributed by atoms with E-state index in [1.807, 2.05) is 6.92 Å². The number of rotatable bonds is 7. The third-order valence-corrected chi connectivity index (χ3v) is 5.77. The number of aromatic nitrogens is 1. The van der Waals surface area contributed by atoms with Gasteiger partial charge < -0.3 is 14.2 Å². The smallest absolute Gasteiger partial charge is 0.354 e. The van der Waals surface area contributed by atoms with Gasteiger partial charge in [-0.3, -0.25) is 9.59 Å². The summed E-state index contributed by atoms with van der Waals surface area (Å²) in [6, 6.07) is 4.61. The Morgan fingerprint density at radius 1 is 1.20 bits per heavy atom. The summed E-state index contributed by atoms with van der Waals surface area (Å²) in [5.41, 5.74) is 2.39. The van der Waals surface area contributed by atoms with Gasteiger partial charge in [-0.2, -0.15) is 0 Å². The lowest BCUT2D eigenvalue weighted by Crippen LogP contribution is -2.45. The molecule has 2 aromatic rings. The molecule has 0 bridgehead atoms. The van der Waals surface area contributed by atoms with Gasteiger partial charge in [0, 0.05) is 29.4 Å². The Morgan fingerprint density at radius 2 is 1.80 bits per heavy atom. The molecule has 1 aromatic carbocycles. The van der Waals surface area contributed by atoms with E-state index in [-0.39, 0.29) is 17.7 Å². The molecule has 1 aliphatic rings. The molecule has 160 valence electrons. The average molecular weight is 414 g/mol. The highest BCUT2D eigenvalue weighted by Gasteiger charge is 2.40. The summed E-state index contributed by atoms with van der Waals surface area (Å²) in [7, 11) is 1.31. The number of methoxy groups -OCH3 is 1. The zero-order valence-corrected chi connectivity index (χ0v) is 18.0. The van der Waals surface area contributed by atoms with Crippen molar-refractivity contribution >= 4 is 17.7 Å². The van der Waals surface area contributed by atoms with E-state index >= 15 is 0 Å². The van der Waals surface area contributed by atoms with Crippen molar-refractivity contribution in [3.8, 4) is 0 Å². The van der Waals surface area contributed by atoms with E-state index in [9.17, 15) is 18.8 Å². The number of nitrogens with zero attached hydrogens (tertiary/aromatic N) is 2. The van der Waals surface area contributed by atoms with Crippen LogP contribution in [0.4, 0.5) is 4.39 Å². The van der Waals surface area contributed by atoms with E-state index in [2.05, 4.69) is 0 Å². The Hall–Kier alpha value is -2.96. The van der Waals surface area contributed by atoms with Crippen molar-refractivity contribution in [1.82, 2.24) is 9.47 Å². The third kappa shape index (κ3) is 3.76. The number of carbonyl (C=O) groups excluding carboxylic acids is 3. The fraction of sp³-hybridized carbons (Fsp3) is 0.435. The minimum Gasteiger partial charge on any atom is -0.464 e. The van der Waals surface area contributed by atoms with Gasteiger partial charge in [-0.15, -0.1) is 0 Å². The number of hydrogen-bond acceptors (Lipinski definition) is 4. The topological polar surface area (TPSA) is 68.6 Å². The van der Waals surface area contributed by atoms with Gasteiger partial charge in [-0.25, -0.2) is 9.18 Å². The Morgan fingerprint density at radius 3 is 2.30 bits per heavy atom. The molecule has 1 saturated carbocycles. The molecule has 1 aliphatic carbocycles. The summed E-state index contributed by atoms with van der Waals surface area (Å²) in [4.78, 5) is 40.6. The predicted octanol–water partition coefficient (Wildman–Crippen LogP) is 3.93. The van der Waals surface area contributed by atoms with Crippen molar-refractivity contribution in [1.29, 1.82) is 0 Å². The second-order valence-corrected chi connectivity index (χ2v) is 7.66. The molecule has 1 unspecified atom stereocenters. The van der Waals surface area contributed by atoms with Crippen LogP contribution in [0.25, 0.3) is 0 Å². The van der Waals surface area contributed by atoms with Gasteiger partial charge in [0.1, 0.15) is 11.5 Å². The van der Waals surface area contributed by atoms with Crippen LogP contribution in [0.2, 0.25) is 0 Å². The van der Waals surface area contributed by atoms with Crippen LogP contribution in [0.1, 0.15) is 69.2 Å². The summed E-state index contributed by atoms with van der Waals surface area (Å²) in [6.45, 7) is 7.65. The Bertz CT molecular complexity index is 990. The largest absolute Gasteiger partial charge is 0.464 e. The van der Waals surface area contributed by atoms with E-state index < -0.39 is 17.8 Å². The summed E-state index contributed by atoms with van der Waals surface area (Å²) >= 11 is 0. The van der Waals surface area contributed by atoms with Gasteiger partial charge in [-0.1, -0.05) is 0 Å². The van der Waals surface area contributed by atoms with Crippen molar-refractivity contribution in [3.05, 3.63) is 58.2 Å². The Balaban J connectivity index is 1.99. The zero-order chi connectivity index (χ0) is 22.2. The monoisotopic (exact) mass is 414 g/mol. The minimum absolute atomic E-state index is 0.0181. The van der Waals surface area contributed by atoms with Crippen molar-refractivity contribution in [3.63, 3.8) is 0 Å². The molecule has 0 aliphatic heterocycles. The zero-order valence-electron chi connectivity index (χ0n) is 18.0. The number of ketones is 1. The number of esters is 1. The second kappa shape index (κ2) is 8.42. The maximum absolute atomic E-state index is 13.5. The molecule has 1 heterocycles. The molecule has 1 fully saturated rings. The summed E-state index contributed by atoms with van der Waals surface area (Å²) < 4.78 is 19.9. The molecule has 0 saturated heterocycles.